The maximum atomic E-state index is 11.5. The fraction of sp³-hybridized carbons (Fsp3) is 0.800. The Morgan fingerprint density at radius 3 is 1.92 bits per heavy atom. The van der Waals surface area contributed by atoms with Crippen LogP contribution in [0.15, 0.2) is 12.2 Å². The summed E-state index contributed by atoms with van der Waals surface area (Å²) >= 11 is 0. The molecule has 0 aromatic carbocycles. The Hall–Kier alpha value is -1.32. The molecule has 0 unspecified atom stereocenters. The zero-order valence-electron chi connectivity index (χ0n) is 15.9. The minimum atomic E-state index is -0.0900. The molecule has 0 N–H and O–H groups in total. The molecule has 140 valence electrons. The summed E-state index contributed by atoms with van der Waals surface area (Å²) in [4.78, 5) is 22.9. The normalized spacial score (nSPS) is 11.2. The van der Waals surface area contributed by atoms with Crippen LogP contribution < -0.4 is 0 Å². The summed E-state index contributed by atoms with van der Waals surface area (Å²) < 4.78 is 10.3. The lowest BCUT2D eigenvalue weighted by molar-refractivity contribution is -0.145. The van der Waals surface area contributed by atoms with Crippen molar-refractivity contribution in [1.82, 2.24) is 0 Å². The van der Waals surface area contributed by atoms with Crippen LogP contribution in [0, 0.1) is 5.92 Å². The highest BCUT2D eigenvalue weighted by Gasteiger charge is 2.04. The zero-order valence-corrected chi connectivity index (χ0v) is 15.9. The summed E-state index contributed by atoms with van der Waals surface area (Å²) in [6.07, 6.45) is 13.1. The van der Waals surface area contributed by atoms with E-state index in [9.17, 15) is 9.59 Å². The van der Waals surface area contributed by atoms with E-state index < -0.39 is 0 Å². The lowest BCUT2D eigenvalue weighted by Crippen LogP contribution is -2.09. The highest BCUT2D eigenvalue weighted by Crippen LogP contribution is 2.10. The number of carbonyl (C=O) groups is 2. The molecule has 0 aromatic rings. The largest absolute Gasteiger partial charge is 0.465 e. The van der Waals surface area contributed by atoms with E-state index in [1.807, 2.05) is 19.9 Å². The minimum Gasteiger partial charge on any atom is -0.465 e. The fourth-order valence-electron chi connectivity index (χ4n) is 2.18. The van der Waals surface area contributed by atoms with Gasteiger partial charge in [-0.3, -0.25) is 9.59 Å². The van der Waals surface area contributed by atoms with Crippen molar-refractivity contribution in [3.8, 4) is 0 Å². The molecule has 4 nitrogen and oxygen atoms in total. The van der Waals surface area contributed by atoms with Crippen LogP contribution >= 0.6 is 0 Å². The van der Waals surface area contributed by atoms with Gasteiger partial charge in [0.25, 0.3) is 0 Å². The average Bonchev–Trinajstić information content (AvgIpc) is 2.55. The second kappa shape index (κ2) is 16.5. The van der Waals surface area contributed by atoms with Crippen molar-refractivity contribution in [2.75, 3.05) is 13.2 Å². The smallest absolute Gasteiger partial charge is 0.305 e. The van der Waals surface area contributed by atoms with Crippen LogP contribution in [0.25, 0.3) is 0 Å². The van der Waals surface area contributed by atoms with Gasteiger partial charge in [-0.1, -0.05) is 58.6 Å². The van der Waals surface area contributed by atoms with E-state index in [-0.39, 0.29) is 11.9 Å². The number of rotatable bonds is 15. The molecule has 4 heteroatoms. The van der Waals surface area contributed by atoms with Gasteiger partial charge in [-0.05, 0) is 31.6 Å². The maximum Gasteiger partial charge on any atom is 0.305 e. The molecule has 0 aliphatic heterocycles. The molecule has 0 saturated carbocycles. The van der Waals surface area contributed by atoms with Gasteiger partial charge in [-0.2, -0.15) is 0 Å². The number of ether oxygens (including phenoxy) is 2. The van der Waals surface area contributed by atoms with Crippen LogP contribution in [-0.4, -0.2) is 25.2 Å². The standard InChI is InChI=1S/C20H36O4/c1-4-5-6-13-16-23-19(21)14-11-9-7-8-10-12-15-20(22)24-17-18(2)3/h5-6,18H,4,7-17H2,1-3H3/b6-5-. The lowest BCUT2D eigenvalue weighted by atomic mass is 10.1. The molecule has 0 bridgehead atoms. The molecule has 0 fully saturated rings. The first-order valence-corrected chi connectivity index (χ1v) is 9.52. The molecule has 0 radical (unpaired) electrons. The molecule has 0 aliphatic carbocycles. The number of carbonyl (C=O) groups excluding carboxylic acids is 2. The van der Waals surface area contributed by atoms with E-state index in [4.69, 9.17) is 9.47 Å². The van der Waals surface area contributed by atoms with E-state index in [0.717, 1.165) is 51.4 Å². The molecular formula is C20H36O4. The van der Waals surface area contributed by atoms with Crippen molar-refractivity contribution in [3.63, 3.8) is 0 Å². The molecule has 0 heterocycles. The van der Waals surface area contributed by atoms with E-state index in [1.165, 1.54) is 0 Å². The van der Waals surface area contributed by atoms with Crippen LogP contribution in [0.4, 0.5) is 0 Å². The van der Waals surface area contributed by atoms with Crippen molar-refractivity contribution >= 4 is 11.9 Å². The van der Waals surface area contributed by atoms with Crippen molar-refractivity contribution in [2.45, 2.75) is 85.0 Å². The molecular weight excluding hydrogens is 304 g/mol. The summed E-state index contributed by atoms with van der Waals surface area (Å²) in [6.45, 7) is 7.16. The van der Waals surface area contributed by atoms with Crippen molar-refractivity contribution in [2.24, 2.45) is 5.92 Å². The summed E-state index contributed by atoms with van der Waals surface area (Å²) in [5.41, 5.74) is 0. The van der Waals surface area contributed by atoms with Gasteiger partial charge in [0.1, 0.15) is 0 Å². The van der Waals surface area contributed by atoms with Gasteiger partial charge in [-0.25, -0.2) is 0 Å². The van der Waals surface area contributed by atoms with E-state index >= 15 is 0 Å². The quantitative estimate of drug-likeness (QED) is 0.233. The first kappa shape index (κ1) is 22.7. The van der Waals surface area contributed by atoms with Crippen LogP contribution in [0.5, 0.6) is 0 Å². The number of unbranched alkanes of at least 4 members (excludes halogenated alkanes) is 5. The average molecular weight is 341 g/mol. The molecule has 0 atom stereocenters. The minimum absolute atomic E-state index is 0.0831. The van der Waals surface area contributed by atoms with Crippen LogP contribution in [0.3, 0.4) is 0 Å². The third-order valence-corrected chi connectivity index (χ3v) is 3.54. The van der Waals surface area contributed by atoms with E-state index in [1.54, 1.807) is 0 Å². The number of esters is 2. The van der Waals surface area contributed by atoms with Gasteiger partial charge in [0.05, 0.1) is 13.2 Å². The molecule has 0 aromatic heterocycles. The van der Waals surface area contributed by atoms with Gasteiger partial charge in [0, 0.05) is 12.8 Å². The second-order valence-corrected chi connectivity index (χ2v) is 6.59. The van der Waals surface area contributed by atoms with Crippen LogP contribution in [0.1, 0.15) is 85.0 Å². The van der Waals surface area contributed by atoms with Crippen molar-refractivity contribution in [1.29, 1.82) is 0 Å². The Balaban J connectivity index is 3.31. The Morgan fingerprint density at radius 1 is 0.833 bits per heavy atom. The SMILES string of the molecule is CC/C=C\CCOC(=O)CCCCCCCCC(=O)OCC(C)C. The summed E-state index contributed by atoms with van der Waals surface area (Å²) in [7, 11) is 0. The van der Waals surface area contributed by atoms with Gasteiger partial charge in [-0.15, -0.1) is 0 Å². The molecule has 0 spiro atoms. The topological polar surface area (TPSA) is 52.6 Å². The van der Waals surface area contributed by atoms with Gasteiger partial charge in [0.15, 0.2) is 0 Å². The highest BCUT2D eigenvalue weighted by atomic mass is 16.5. The molecule has 0 aliphatic rings. The molecule has 0 saturated heterocycles. The Kier molecular flexibility index (Phi) is 15.6. The van der Waals surface area contributed by atoms with Crippen molar-refractivity contribution < 1.29 is 19.1 Å². The van der Waals surface area contributed by atoms with Gasteiger partial charge < -0.3 is 9.47 Å². The number of allylic oxidation sites excluding steroid dienone is 1. The number of hydrogen-bond donors (Lipinski definition) is 0. The molecule has 24 heavy (non-hydrogen) atoms. The Bertz CT molecular complexity index is 348. The summed E-state index contributed by atoms with van der Waals surface area (Å²) in [5, 5.41) is 0. The predicted molar refractivity (Wildman–Crippen MR) is 97.7 cm³/mol. The maximum absolute atomic E-state index is 11.5. The Labute approximate surface area is 148 Å². The van der Waals surface area contributed by atoms with Crippen LogP contribution in [0.2, 0.25) is 0 Å². The lowest BCUT2D eigenvalue weighted by Gasteiger charge is -2.07. The predicted octanol–water partition coefficient (Wildman–Crippen LogP) is 5.21. The third-order valence-electron chi connectivity index (χ3n) is 3.54. The fourth-order valence-corrected chi connectivity index (χ4v) is 2.18. The molecule has 0 amide bonds. The van der Waals surface area contributed by atoms with E-state index in [0.29, 0.717) is 32.0 Å². The van der Waals surface area contributed by atoms with Crippen LogP contribution in [-0.2, 0) is 19.1 Å². The first-order chi connectivity index (χ1) is 11.6. The highest BCUT2D eigenvalue weighted by molar-refractivity contribution is 5.69. The van der Waals surface area contributed by atoms with E-state index in [2.05, 4.69) is 13.0 Å². The first-order valence-electron chi connectivity index (χ1n) is 9.52. The second-order valence-electron chi connectivity index (χ2n) is 6.59. The summed E-state index contributed by atoms with van der Waals surface area (Å²) in [6, 6.07) is 0. The summed E-state index contributed by atoms with van der Waals surface area (Å²) in [5.74, 6) is 0.224. The number of hydrogen-bond acceptors (Lipinski definition) is 4. The van der Waals surface area contributed by atoms with Crippen molar-refractivity contribution in [3.05, 3.63) is 12.2 Å². The molecule has 0 rings (SSSR count). The zero-order chi connectivity index (χ0) is 18.0. The van der Waals surface area contributed by atoms with Gasteiger partial charge in [0.2, 0.25) is 0 Å². The Morgan fingerprint density at radius 2 is 1.38 bits per heavy atom. The van der Waals surface area contributed by atoms with Gasteiger partial charge >= 0.3 is 11.9 Å². The monoisotopic (exact) mass is 340 g/mol. The third kappa shape index (κ3) is 17.0.